The van der Waals surface area contributed by atoms with Gasteiger partial charge >= 0.3 is 0 Å². The van der Waals surface area contributed by atoms with Gasteiger partial charge in [-0.15, -0.1) is 0 Å². The van der Waals surface area contributed by atoms with Crippen molar-refractivity contribution in [1.82, 2.24) is 0 Å². The van der Waals surface area contributed by atoms with Gasteiger partial charge in [0.1, 0.15) is 0 Å². The first-order chi connectivity index (χ1) is 9.10. The lowest BCUT2D eigenvalue weighted by molar-refractivity contribution is 0.112. The highest BCUT2D eigenvalue weighted by molar-refractivity contribution is 9.10. The standard InChI is InChI=1S/C15H13BrClNO/c1-18(9-11-2-4-13(16)5-3-11)15-7-6-14(17)8-12(15)10-19/h2-8,10H,9H2,1H3. The topological polar surface area (TPSA) is 20.3 Å². The molecule has 4 heteroatoms. The first-order valence-corrected chi connectivity index (χ1v) is 6.97. The minimum absolute atomic E-state index is 0.572. The molecule has 2 rings (SSSR count). The SMILES string of the molecule is CN(Cc1ccc(Br)cc1)c1ccc(Cl)cc1C=O. The maximum absolute atomic E-state index is 11.1. The average Bonchev–Trinajstić information content (AvgIpc) is 2.41. The number of halogens is 2. The molecule has 0 atom stereocenters. The van der Waals surface area contributed by atoms with E-state index >= 15 is 0 Å². The molecule has 0 aliphatic rings. The highest BCUT2D eigenvalue weighted by Crippen LogP contribution is 2.23. The molecule has 0 saturated heterocycles. The molecule has 98 valence electrons. The van der Waals surface area contributed by atoms with E-state index in [1.165, 1.54) is 5.56 Å². The molecule has 0 unspecified atom stereocenters. The second kappa shape index (κ2) is 6.22. The van der Waals surface area contributed by atoms with Crippen molar-refractivity contribution in [3.05, 3.63) is 63.1 Å². The summed E-state index contributed by atoms with van der Waals surface area (Å²) in [5.41, 5.74) is 2.66. The number of hydrogen-bond donors (Lipinski definition) is 0. The average molecular weight is 339 g/mol. The van der Waals surface area contributed by atoms with E-state index in [4.69, 9.17) is 11.6 Å². The Morgan fingerprint density at radius 2 is 1.89 bits per heavy atom. The molecule has 0 radical (unpaired) electrons. The summed E-state index contributed by atoms with van der Waals surface area (Å²) in [6.45, 7) is 0.732. The number of benzene rings is 2. The highest BCUT2D eigenvalue weighted by Gasteiger charge is 2.08. The predicted octanol–water partition coefficient (Wildman–Crippen LogP) is 4.55. The van der Waals surface area contributed by atoms with E-state index in [1.54, 1.807) is 12.1 Å². The summed E-state index contributed by atoms with van der Waals surface area (Å²) < 4.78 is 1.05. The number of anilines is 1. The van der Waals surface area contributed by atoms with Gasteiger partial charge in [0.05, 0.1) is 0 Å². The lowest BCUT2D eigenvalue weighted by atomic mass is 10.1. The predicted molar refractivity (Wildman–Crippen MR) is 83.1 cm³/mol. The van der Waals surface area contributed by atoms with Crippen LogP contribution in [0.3, 0.4) is 0 Å². The Balaban J connectivity index is 2.22. The van der Waals surface area contributed by atoms with Crippen LogP contribution in [0.25, 0.3) is 0 Å². The Morgan fingerprint density at radius 1 is 1.21 bits per heavy atom. The molecule has 0 heterocycles. The monoisotopic (exact) mass is 337 g/mol. The first-order valence-electron chi connectivity index (χ1n) is 5.80. The first kappa shape index (κ1) is 14.1. The van der Waals surface area contributed by atoms with Crippen molar-refractivity contribution >= 4 is 39.5 Å². The van der Waals surface area contributed by atoms with Crippen LogP contribution in [0.1, 0.15) is 15.9 Å². The zero-order chi connectivity index (χ0) is 13.8. The zero-order valence-electron chi connectivity index (χ0n) is 10.4. The fraction of sp³-hybridized carbons (Fsp3) is 0.133. The van der Waals surface area contributed by atoms with Crippen molar-refractivity contribution in [3.8, 4) is 0 Å². The highest BCUT2D eigenvalue weighted by atomic mass is 79.9. The van der Waals surface area contributed by atoms with Crippen LogP contribution in [-0.2, 0) is 6.54 Å². The molecule has 2 aromatic carbocycles. The van der Waals surface area contributed by atoms with Gasteiger partial charge < -0.3 is 4.90 Å². The molecule has 2 aromatic rings. The van der Waals surface area contributed by atoms with E-state index in [2.05, 4.69) is 28.1 Å². The molecule has 0 aromatic heterocycles. The van der Waals surface area contributed by atoms with Crippen molar-refractivity contribution < 1.29 is 4.79 Å². The summed E-state index contributed by atoms with van der Waals surface area (Å²) in [6, 6.07) is 13.5. The Hall–Kier alpha value is -1.32. The fourth-order valence-corrected chi connectivity index (χ4v) is 2.36. The van der Waals surface area contributed by atoms with Crippen LogP contribution in [0.2, 0.25) is 5.02 Å². The van der Waals surface area contributed by atoms with Crippen molar-refractivity contribution in [2.45, 2.75) is 6.54 Å². The normalized spacial score (nSPS) is 10.3. The van der Waals surface area contributed by atoms with Crippen molar-refractivity contribution in [1.29, 1.82) is 0 Å². The fourth-order valence-electron chi connectivity index (χ4n) is 1.92. The van der Waals surface area contributed by atoms with Gasteiger partial charge in [-0.1, -0.05) is 39.7 Å². The van der Waals surface area contributed by atoms with Crippen LogP contribution in [0.5, 0.6) is 0 Å². The summed E-state index contributed by atoms with van der Waals surface area (Å²) in [7, 11) is 1.96. The van der Waals surface area contributed by atoms with Gasteiger partial charge in [0.2, 0.25) is 0 Å². The van der Waals surface area contributed by atoms with Gasteiger partial charge in [0.25, 0.3) is 0 Å². The van der Waals surface area contributed by atoms with Crippen LogP contribution >= 0.6 is 27.5 Å². The number of hydrogen-bond acceptors (Lipinski definition) is 2. The summed E-state index contributed by atoms with van der Waals surface area (Å²) >= 11 is 9.31. The summed E-state index contributed by atoms with van der Waals surface area (Å²) in [5.74, 6) is 0. The zero-order valence-corrected chi connectivity index (χ0v) is 12.8. The van der Waals surface area contributed by atoms with E-state index in [0.29, 0.717) is 10.6 Å². The lowest BCUT2D eigenvalue weighted by Gasteiger charge is -2.21. The lowest BCUT2D eigenvalue weighted by Crippen LogP contribution is -2.17. The molecule has 2 nitrogen and oxygen atoms in total. The minimum Gasteiger partial charge on any atom is -0.370 e. The Morgan fingerprint density at radius 3 is 2.53 bits per heavy atom. The molecule has 0 aliphatic heterocycles. The van der Waals surface area contributed by atoms with E-state index < -0.39 is 0 Å². The van der Waals surface area contributed by atoms with Crippen LogP contribution < -0.4 is 4.90 Å². The van der Waals surface area contributed by atoms with Crippen LogP contribution in [-0.4, -0.2) is 13.3 Å². The third kappa shape index (κ3) is 3.58. The van der Waals surface area contributed by atoms with E-state index in [-0.39, 0.29) is 0 Å². The summed E-state index contributed by atoms with van der Waals surface area (Å²) in [6.07, 6.45) is 0.833. The number of nitrogens with zero attached hydrogens (tertiary/aromatic N) is 1. The number of rotatable bonds is 4. The third-order valence-electron chi connectivity index (χ3n) is 2.86. The number of carbonyl (C=O) groups is 1. The van der Waals surface area contributed by atoms with E-state index in [1.807, 2.05) is 30.1 Å². The number of carbonyl (C=O) groups excluding carboxylic acids is 1. The number of aldehydes is 1. The van der Waals surface area contributed by atoms with E-state index in [9.17, 15) is 4.79 Å². The summed E-state index contributed by atoms with van der Waals surface area (Å²) in [5, 5.41) is 0.572. The van der Waals surface area contributed by atoms with Crippen LogP contribution in [0, 0.1) is 0 Å². The molecule has 0 fully saturated rings. The van der Waals surface area contributed by atoms with Gasteiger partial charge in [-0.3, -0.25) is 4.79 Å². The quantitative estimate of drug-likeness (QED) is 0.762. The molecule has 0 aliphatic carbocycles. The second-order valence-electron chi connectivity index (χ2n) is 4.30. The molecule has 0 bridgehead atoms. The van der Waals surface area contributed by atoms with Gasteiger partial charge in [0, 0.05) is 34.3 Å². The van der Waals surface area contributed by atoms with E-state index in [0.717, 1.165) is 23.0 Å². The molecular weight excluding hydrogens is 326 g/mol. The maximum Gasteiger partial charge on any atom is 0.152 e. The van der Waals surface area contributed by atoms with Crippen molar-refractivity contribution in [2.24, 2.45) is 0 Å². The maximum atomic E-state index is 11.1. The Kier molecular flexibility index (Phi) is 4.61. The Labute approximate surface area is 126 Å². The van der Waals surface area contributed by atoms with Gasteiger partial charge in [-0.2, -0.15) is 0 Å². The molecule has 0 amide bonds. The molecule has 0 N–H and O–H groups in total. The second-order valence-corrected chi connectivity index (χ2v) is 5.66. The van der Waals surface area contributed by atoms with Crippen molar-refractivity contribution in [3.63, 3.8) is 0 Å². The van der Waals surface area contributed by atoms with Gasteiger partial charge in [-0.25, -0.2) is 0 Å². The smallest absolute Gasteiger partial charge is 0.152 e. The largest absolute Gasteiger partial charge is 0.370 e. The van der Waals surface area contributed by atoms with Gasteiger partial charge in [0.15, 0.2) is 6.29 Å². The minimum atomic E-state index is 0.572. The molecule has 0 saturated carbocycles. The molecular formula is C15H13BrClNO. The van der Waals surface area contributed by atoms with Gasteiger partial charge in [-0.05, 0) is 35.9 Å². The van der Waals surface area contributed by atoms with Crippen LogP contribution in [0.15, 0.2) is 46.9 Å². The van der Waals surface area contributed by atoms with Crippen molar-refractivity contribution in [2.75, 3.05) is 11.9 Å². The Bertz CT molecular complexity index is 583. The summed E-state index contributed by atoms with van der Waals surface area (Å²) in [4.78, 5) is 13.1. The third-order valence-corrected chi connectivity index (χ3v) is 3.62. The molecule has 0 spiro atoms. The molecule has 19 heavy (non-hydrogen) atoms. The van der Waals surface area contributed by atoms with Crippen LogP contribution in [0.4, 0.5) is 5.69 Å².